The minimum Gasteiger partial charge on any atom is -0.369 e. The summed E-state index contributed by atoms with van der Waals surface area (Å²) in [6, 6.07) is 10.5. The van der Waals surface area contributed by atoms with Crippen molar-refractivity contribution in [1.29, 1.82) is 0 Å². The zero-order valence-electron chi connectivity index (χ0n) is 11.0. The van der Waals surface area contributed by atoms with Crippen LogP contribution in [0.5, 0.6) is 0 Å². The van der Waals surface area contributed by atoms with E-state index < -0.39 is 0 Å². The molecule has 0 amide bonds. The lowest BCUT2D eigenvalue weighted by atomic mass is 10.1. The number of halogens is 1. The van der Waals surface area contributed by atoms with E-state index in [1.54, 1.807) is 0 Å². The number of nitrogens with two attached hydrogens (primary N) is 1. The van der Waals surface area contributed by atoms with Gasteiger partial charge in [-0.05, 0) is 64.3 Å². The molecule has 2 rings (SSSR count). The number of pyridine rings is 1. The Morgan fingerprint density at radius 3 is 2.53 bits per heavy atom. The van der Waals surface area contributed by atoms with Crippen molar-refractivity contribution in [3.8, 4) is 0 Å². The van der Waals surface area contributed by atoms with E-state index in [2.05, 4.69) is 51.1 Å². The van der Waals surface area contributed by atoms with E-state index in [0.717, 1.165) is 17.4 Å². The van der Waals surface area contributed by atoms with Crippen molar-refractivity contribution in [2.45, 2.75) is 13.0 Å². The van der Waals surface area contributed by atoms with Crippen LogP contribution in [0, 0.1) is 0 Å². The van der Waals surface area contributed by atoms with Gasteiger partial charge in [0.2, 0.25) is 0 Å². The molecule has 4 heteroatoms. The first-order valence-corrected chi connectivity index (χ1v) is 7.08. The topological polar surface area (TPSA) is 42.2 Å². The van der Waals surface area contributed by atoms with Crippen LogP contribution in [0.4, 0.5) is 5.69 Å². The van der Waals surface area contributed by atoms with Crippen LogP contribution in [0.3, 0.4) is 0 Å². The maximum Gasteiger partial charge on any atom is 0.0511 e. The van der Waals surface area contributed by atoms with E-state index in [1.165, 1.54) is 16.8 Å². The second-order valence-electron chi connectivity index (χ2n) is 4.54. The molecule has 0 atom stereocenters. The van der Waals surface area contributed by atoms with Crippen LogP contribution in [0.25, 0.3) is 0 Å². The largest absolute Gasteiger partial charge is 0.369 e. The number of aromatic nitrogens is 1. The summed E-state index contributed by atoms with van der Waals surface area (Å²) in [7, 11) is 2.09. The van der Waals surface area contributed by atoms with Gasteiger partial charge in [-0.25, -0.2) is 0 Å². The van der Waals surface area contributed by atoms with Gasteiger partial charge in [0.05, 0.1) is 5.69 Å². The SMILES string of the molecule is CN(Cc1ccncc1)c1ccc(CCN)cc1Br. The van der Waals surface area contributed by atoms with Gasteiger partial charge in [0, 0.05) is 30.5 Å². The molecule has 2 aromatic rings. The molecule has 0 fully saturated rings. The molecular formula is C15H18BrN3. The molecule has 0 aliphatic carbocycles. The Morgan fingerprint density at radius 2 is 1.89 bits per heavy atom. The maximum atomic E-state index is 5.58. The Hall–Kier alpha value is -1.39. The van der Waals surface area contributed by atoms with E-state index in [-0.39, 0.29) is 0 Å². The van der Waals surface area contributed by atoms with Gasteiger partial charge < -0.3 is 10.6 Å². The average molecular weight is 320 g/mol. The lowest BCUT2D eigenvalue weighted by molar-refractivity contribution is 0.912. The van der Waals surface area contributed by atoms with Gasteiger partial charge in [-0.15, -0.1) is 0 Å². The van der Waals surface area contributed by atoms with Crippen molar-refractivity contribution >= 4 is 21.6 Å². The average Bonchev–Trinajstić information content (AvgIpc) is 2.40. The van der Waals surface area contributed by atoms with Crippen molar-refractivity contribution in [3.63, 3.8) is 0 Å². The van der Waals surface area contributed by atoms with Gasteiger partial charge in [0.25, 0.3) is 0 Å². The molecule has 1 aromatic heterocycles. The molecule has 1 heterocycles. The molecule has 0 bridgehead atoms. The Morgan fingerprint density at radius 1 is 1.16 bits per heavy atom. The van der Waals surface area contributed by atoms with E-state index in [9.17, 15) is 0 Å². The van der Waals surface area contributed by atoms with Crippen molar-refractivity contribution < 1.29 is 0 Å². The van der Waals surface area contributed by atoms with Gasteiger partial charge in [-0.1, -0.05) is 6.07 Å². The number of nitrogens with zero attached hydrogens (tertiary/aromatic N) is 2. The van der Waals surface area contributed by atoms with Crippen LogP contribution in [-0.2, 0) is 13.0 Å². The quantitative estimate of drug-likeness (QED) is 0.921. The van der Waals surface area contributed by atoms with Crippen LogP contribution in [-0.4, -0.2) is 18.6 Å². The fraction of sp³-hybridized carbons (Fsp3) is 0.267. The Kier molecular flexibility index (Phi) is 4.93. The first-order valence-electron chi connectivity index (χ1n) is 6.29. The number of benzene rings is 1. The fourth-order valence-corrected chi connectivity index (χ4v) is 2.76. The summed E-state index contributed by atoms with van der Waals surface area (Å²) in [5.74, 6) is 0. The molecule has 100 valence electrons. The van der Waals surface area contributed by atoms with Gasteiger partial charge in [-0.2, -0.15) is 0 Å². The number of hydrogen-bond acceptors (Lipinski definition) is 3. The molecule has 0 saturated heterocycles. The number of anilines is 1. The van der Waals surface area contributed by atoms with Gasteiger partial charge >= 0.3 is 0 Å². The second kappa shape index (κ2) is 6.68. The minimum absolute atomic E-state index is 0.679. The number of rotatable bonds is 5. The van der Waals surface area contributed by atoms with Gasteiger partial charge in [0.1, 0.15) is 0 Å². The third-order valence-corrected chi connectivity index (χ3v) is 3.66. The van der Waals surface area contributed by atoms with E-state index in [0.29, 0.717) is 6.54 Å². The molecular weight excluding hydrogens is 302 g/mol. The summed E-state index contributed by atoms with van der Waals surface area (Å²) in [5, 5.41) is 0. The Bertz CT molecular complexity index is 528. The second-order valence-corrected chi connectivity index (χ2v) is 5.39. The van der Waals surface area contributed by atoms with Crippen LogP contribution in [0.2, 0.25) is 0 Å². The summed E-state index contributed by atoms with van der Waals surface area (Å²) >= 11 is 3.64. The Labute approximate surface area is 122 Å². The summed E-state index contributed by atoms with van der Waals surface area (Å²) in [6.07, 6.45) is 4.55. The molecule has 3 nitrogen and oxygen atoms in total. The zero-order chi connectivity index (χ0) is 13.7. The van der Waals surface area contributed by atoms with Crippen molar-refractivity contribution in [3.05, 3.63) is 58.3 Å². The third-order valence-electron chi connectivity index (χ3n) is 3.03. The van der Waals surface area contributed by atoms with Crippen molar-refractivity contribution in [1.82, 2.24) is 4.98 Å². The Balaban J connectivity index is 2.13. The third kappa shape index (κ3) is 3.78. The van der Waals surface area contributed by atoms with Crippen LogP contribution in [0.1, 0.15) is 11.1 Å². The summed E-state index contributed by atoms with van der Waals surface area (Å²) < 4.78 is 1.11. The van der Waals surface area contributed by atoms with Crippen LogP contribution < -0.4 is 10.6 Å². The van der Waals surface area contributed by atoms with Crippen LogP contribution >= 0.6 is 15.9 Å². The van der Waals surface area contributed by atoms with E-state index in [4.69, 9.17) is 5.73 Å². The standard InChI is InChI=1S/C15H18BrN3/c1-19(11-13-5-8-18-9-6-13)15-3-2-12(4-7-17)10-14(15)16/h2-3,5-6,8-10H,4,7,11,17H2,1H3. The first kappa shape index (κ1) is 14.0. The predicted molar refractivity (Wildman–Crippen MR) is 83.2 cm³/mol. The summed E-state index contributed by atoms with van der Waals surface area (Å²) in [5.41, 5.74) is 9.26. The summed E-state index contributed by atoms with van der Waals surface area (Å²) in [6.45, 7) is 1.54. The maximum absolute atomic E-state index is 5.58. The minimum atomic E-state index is 0.679. The number of hydrogen-bond donors (Lipinski definition) is 1. The van der Waals surface area contributed by atoms with Crippen molar-refractivity contribution in [2.75, 3.05) is 18.5 Å². The van der Waals surface area contributed by atoms with E-state index >= 15 is 0 Å². The smallest absolute Gasteiger partial charge is 0.0511 e. The van der Waals surface area contributed by atoms with E-state index in [1.807, 2.05) is 24.5 Å². The molecule has 19 heavy (non-hydrogen) atoms. The highest BCUT2D eigenvalue weighted by molar-refractivity contribution is 9.10. The monoisotopic (exact) mass is 319 g/mol. The first-order chi connectivity index (χ1) is 9.20. The fourth-order valence-electron chi connectivity index (χ4n) is 2.03. The predicted octanol–water partition coefficient (Wildman–Crippen LogP) is 2.98. The van der Waals surface area contributed by atoms with Gasteiger partial charge in [0.15, 0.2) is 0 Å². The van der Waals surface area contributed by atoms with Gasteiger partial charge in [-0.3, -0.25) is 4.98 Å². The molecule has 1 aromatic carbocycles. The highest BCUT2D eigenvalue weighted by atomic mass is 79.9. The molecule has 2 N–H and O–H groups in total. The lowest BCUT2D eigenvalue weighted by Gasteiger charge is -2.21. The lowest BCUT2D eigenvalue weighted by Crippen LogP contribution is -2.17. The highest BCUT2D eigenvalue weighted by Gasteiger charge is 2.07. The molecule has 0 spiro atoms. The highest BCUT2D eigenvalue weighted by Crippen LogP contribution is 2.27. The normalized spacial score (nSPS) is 10.5. The molecule has 0 unspecified atom stereocenters. The van der Waals surface area contributed by atoms with Crippen molar-refractivity contribution in [2.24, 2.45) is 5.73 Å². The molecule has 0 saturated carbocycles. The molecule has 0 radical (unpaired) electrons. The molecule has 0 aliphatic rings. The van der Waals surface area contributed by atoms with Crippen LogP contribution in [0.15, 0.2) is 47.2 Å². The zero-order valence-corrected chi connectivity index (χ0v) is 12.6. The summed E-state index contributed by atoms with van der Waals surface area (Å²) in [4.78, 5) is 6.25. The molecule has 0 aliphatic heterocycles.